The van der Waals surface area contributed by atoms with Gasteiger partial charge in [-0.15, -0.1) is 0 Å². The Morgan fingerprint density at radius 1 is 0.875 bits per heavy atom. The van der Waals surface area contributed by atoms with Gasteiger partial charge in [-0.2, -0.15) is 0 Å². The van der Waals surface area contributed by atoms with Gasteiger partial charge in [-0.3, -0.25) is 0 Å². The van der Waals surface area contributed by atoms with Crippen LogP contribution in [0.1, 0.15) is 23.6 Å². The Labute approximate surface area is 142 Å². The van der Waals surface area contributed by atoms with Crippen molar-refractivity contribution in [2.45, 2.75) is 13.8 Å². The highest BCUT2D eigenvalue weighted by Gasteiger charge is 2.13. The molecule has 0 spiro atoms. The van der Waals surface area contributed by atoms with E-state index in [9.17, 15) is 0 Å². The molecule has 3 nitrogen and oxygen atoms in total. The SMILES string of the molecule is CC1=CC(=C(c2ccc(N)cc2)c2ccc(N)c(C)c2)C=CC1=N. The van der Waals surface area contributed by atoms with Gasteiger partial charge in [0.25, 0.3) is 0 Å². The van der Waals surface area contributed by atoms with E-state index in [1.165, 1.54) is 0 Å². The fraction of sp³-hybridized carbons (Fsp3) is 0.0952. The molecule has 0 saturated heterocycles. The number of rotatable bonds is 2. The lowest BCUT2D eigenvalue weighted by Crippen LogP contribution is -2.02. The number of benzene rings is 2. The smallest absolute Gasteiger partial charge is 0.0569 e. The summed E-state index contributed by atoms with van der Waals surface area (Å²) in [7, 11) is 0. The summed E-state index contributed by atoms with van der Waals surface area (Å²) in [6.45, 7) is 3.97. The predicted octanol–water partition coefficient (Wildman–Crippen LogP) is 4.50. The molecule has 2 aromatic carbocycles. The summed E-state index contributed by atoms with van der Waals surface area (Å²) in [6.07, 6.45) is 5.89. The first-order valence-corrected chi connectivity index (χ1v) is 7.87. The van der Waals surface area contributed by atoms with Crippen molar-refractivity contribution in [2.24, 2.45) is 0 Å². The van der Waals surface area contributed by atoms with E-state index in [1.54, 1.807) is 0 Å². The third-order valence-electron chi connectivity index (χ3n) is 4.27. The molecular formula is C21H21N3. The van der Waals surface area contributed by atoms with Crippen molar-refractivity contribution in [1.82, 2.24) is 0 Å². The maximum absolute atomic E-state index is 7.91. The largest absolute Gasteiger partial charge is 0.399 e. The van der Waals surface area contributed by atoms with Gasteiger partial charge in [0.05, 0.1) is 5.71 Å². The van der Waals surface area contributed by atoms with Crippen molar-refractivity contribution in [2.75, 3.05) is 11.5 Å². The van der Waals surface area contributed by atoms with Crippen molar-refractivity contribution >= 4 is 22.7 Å². The number of allylic oxidation sites excluding steroid dienone is 5. The lowest BCUT2D eigenvalue weighted by Gasteiger charge is -2.16. The lowest BCUT2D eigenvalue weighted by atomic mass is 9.88. The number of hydrogen-bond acceptors (Lipinski definition) is 3. The van der Waals surface area contributed by atoms with Gasteiger partial charge in [0.15, 0.2) is 0 Å². The molecule has 2 aromatic rings. The molecule has 0 heterocycles. The molecule has 3 heteroatoms. The van der Waals surface area contributed by atoms with Crippen LogP contribution in [0.25, 0.3) is 5.57 Å². The van der Waals surface area contributed by atoms with Crippen LogP contribution in [0.3, 0.4) is 0 Å². The van der Waals surface area contributed by atoms with Crippen molar-refractivity contribution in [3.8, 4) is 0 Å². The molecule has 0 fully saturated rings. The molecule has 120 valence electrons. The van der Waals surface area contributed by atoms with Crippen LogP contribution in [0.4, 0.5) is 11.4 Å². The molecule has 0 radical (unpaired) electrons. The minimum absolute atomic E-state index is 0.545. The fourth-order valence-electron chi connectivity index (χ4n) is 2.80. The quantitative estimate of drug-likeness (QED) is 0.714. The topological polar surface area (TPSA) is 75.9 Å². The van der Waals surface area contributed by atoms with Gasteiger partial charge in [-0.05, 0) is 83.7 Å². The highest BCUT2D eigenvalue weighted by molar-refractivity contribution is 6.08. The summed E-state index contributed by atoms with van der Waals surface area (Å²) < 4.78 is 0. The molecule has 1 aliphatic carbocycles. The van der Waals surface area contributed by atoms with E-state index in [-0.39, 0.29) is 0 Å². The standard InChI is InChI=1S/C21H21N3/c1-13-11-16(5-9-19(13)23)21(15-3-7-18(22)8-4-15)17-6-10-20(24)14(2)12-17/h3-12,23H,22,24H2,1-2H3. The zero-order valence-corrected chi connectivity index (χ0v) is 13.9. The molecule has 0 atom stereocenters. The number of nitrogens with two attached hydrogens (primary N) is 2. The molecule has 0 aromatic heterocycles. The lowest BCUT2D eigenvalue weighted by molar-refractivity contribution is 1.40. The van der Waals surface area contributed by atoms with Crippen molar-refractivity contribution in [1.29, 1.82) is 5.41 Å². The van der Waals surface area contributed by atoms with Crippen LogP contribution in [-0.2, 0) is 0 Å². The Balaban J connectivity index is 2.25. The van der Waals surface area contributed by atoms with Gasteiger partial charge in [-0.25, -0.2) is 0 Å². The van der Waals surface area contributed by atoms with Crippen LogP contribution in [0, 0.1) is 12.3 Å². The van der Waals surface area contributed by atoms with E-state index in [4.69, 9.17) is 16.9 Å². The molecule has 3 rings (SSSR count). The highest BCUT2D eigenvalue weighted by atomic mass is 14.6. The first-order valence-electron chi connectivity index (χ1n) is 7.87. The van der Waals surface area contributed by atoms with Gasteiger partial charge >= 0.3 is 0 Å². The molecule has 5 N–H and O–H groups in total. The second-order valence-electron chi connectivity index (χ2n) is 6.10. The molecular weight excluding hydrogens is 294 g/mol. The van der Waals surface area contributed by atoms with Crippen LogP contribution < -0.4 is 11.5 Å². The minimum atomic E-state index is 0.545. The Bertz CT molecular complexity index is 897. The van der Waals surface area contributed by atoms with E-state index >= 15 is 0 Å². The van der Waals surface area contributed by atoms with Gasteiger partial charge in [0.1, 0.15) is 0 Å². The fourth-order valence-corrected chi connectivity index (χ4v) is 2.80. The maximum Gasteiger partial charge on any atom is 0.0569 e. The zero-order chi connectivity index (χ0) is 17.3. The summed E-state index contributed by atoms with van der Waals surface area (Å²) >= 11 is 0. The van der Waals surface area contributed by atoms with E-state index in [0.29, 0.717) is 5.71 Å². The molecule has 0 unspecified atom stereocenters. The van der Waals surface area contributed by atoms with Gasteiger partial charge in [0.2, 0.25) is 0 Å². The van der Waals surface area contributed by atoms with E-state index < -0.39 is 0 Å². The second-order valence-corrected chi connectivity index (χ2v) is 6.10. The first-order chi connectivity index (χ1) is 11.5. The van der Waals surface area contributed by atoms with E-state index in [2.05, 4.69) is 12.1 Å². The number of anilines is 2. The minimum Gasteiger partial charge on any atom is -0.399 e. The number of nitrogens with one attached hydrogen (secondary N) is 1. The van der Waals surface area contributed by atoms with Crippen LogP contribution >= 0.6 is 0 Å². The average molecular weight is 315 g/mol. The summed E-state index contributed by atoms with van der Waals surface area (Å²) in [5.41, 5.74) is 20.3. The van der Waals surface area contributed by atoms with Crippen LogP contribution in [-0.4, -0.2) is 5.71 Å². The normalized spacial score (nSPS) is 16.1. The summed E-state index contributed by atoms with van der Waals surface area (Å²) in [4.78, 5) is 0. The molecule has 1 aliphatic rings. The summed E-state index contributed by atoms with van der Waals surface area (Å²) in [5.74, 6) is 0. The predicted molar refractivity (Wildman–Crippen MR) is 103 cm³/mol. The number of aryl methyl sites for hydroxylation is 1. The van der Waals surface area contributed by atoms with Gasteiger partial charge in [-0.1, -0.05) is 24.3 Å². The van der Waals surface area contributed by atoms with Crippen molar-refractivity contribution < 1.29 is 0 Å². The Morgan fingerprint density at radius 3 is 2.17 bits per heavy atom. The highest BCUT2D eigenvalue weighted by Crippen LogP contribution is 2.32. The van der Waals surface area contributed by atoms with Crippen molar-refractivity contribution in [3.05, 3.63) is 88.5 Å². The van der Waals surface area contributed by atoms with Gasteiger partial charge in [0, 0.05) is 11.4 Å². The molecule has 0 saturated carbocycles. The molecule has 24 heavy (non-hydrogen) atoms. The second kappa shape index (κ2) is 6.20. The first kappa shape index (κ1) is 15.8. The Kier molecular flexibility index (Phi) is 4.09. The van der Waals surface area contributed by atoms with Crippen LogP contribution in [0.15, 0.2) is 71.8 Å². The molecule has 0 bridgehead atoms. The average Bonchev–Trinajstić information content (AvgIpc) is 2.56. The van der Waals surface area contributed by atoms with E-state index in [0.717, 1.165) is 44.8 Å². The molecule has 0 aliphatic heterocycles. The van der Waals surface area contributed by atoms with Crippen molar-refractivity contribution in [3.63, 3.8) is 0 Å². The summed E-state index contributed by atoms with van der Waals surface area (Å²) in [5, 5.41) is 7.91. The third kappa shape index (κ3) is 3.01. The Morgan fingerprint density at radius 2 is 1.54 bits per heavy atom. The van der Waals surface area contributed by atoms with Crippen LogP contribution in [0.5, 0.6) is 0 Å². The zero-order valence-electron chi connectivity index (χ0n) is 13.9. The monoisotopic (exact) mass is 315 g/mol. The van der Waals surface area contributed by atoms with Gasteiger partial charge < -0.3 is 16.9 Å². The third-order valence-corrected chi connectivity index (χ3v) is 4.27. The summed E-state index contributed by atoms with van der Waals surface area (Å²) in [6, 6.07) is 14.0. The van der Waals surface area contributed by atoms with Crippen LogP contribution in [0.2, 0.25) is 0 Å². The number of hydrogen-bond donors (Lipinski definition) is 3. The number of nitrogen functional groups attached to an aromatic ring is 2. The Hall–Kier alpha value is -3.07. The molecule has 0 amide bonds. The maximum atomic E-state index is 7.91. The van der Waals surface area contributed by atoms with E-state index in [1.807, 2.05) is 62.4 Å².